The van der Waals surface area contributed by atoms with Gasteiger partial charge in [0.05, 0.1) is 16.8 Å². The Hall–Kier alpha value is -4.27. The number of hydrogen-bond donors (Lipinski definition) is 1. The molecule has 0 spiro atoms. The van der Waals surface area contributed by atoms with E-state index in [1.807, 2.05) is 18.2 Å². The van der Waals surface area contributed by atoms with Crippen molar-refractivity contribution >= 4 is 45.8 Å². The summed E-state index contributed by atoms with van der Waals surface area (Å²) in [5, 5.41) is 3.74. The number of ether oxygens (including phenoxy) is 1. The van der Waals surface area contributed by atoms with E-state index in [1.165, 1.54) is 10.7 Å². The smallest absolute Gasteiger partial charge is 0.295 e. The molecule has 0 atom stereocenters. The van der Waals surface area contributed by atoms with Crippen molar-refractivity contribution < 1.29 is 13.9 Å². The molecule has 2 aromatic heterocycles. The Kier molecular flexibility index (Phi) is 7.08. The van der Waals surface area contributed by atoms with E-state index in [9.17, 15) is 14.4 Å². The van der Waals surface area contributed by atoms with E-state index in [1.54, 1.807) is 68.0 Å². The zero-order valence-corrected chi connectivity index (χ0v) is 22.8. The van der Waals surface area contributed by atoms with E-state index in [0.29, 0.717) is 32.6 Å². The van der Waals surface area contributed by atoms with Crippen LogP contribution >= 0.6 is 23.2 Å². The van der Waals surface area contributed by atoms with Gasteiger partial charge in [0.25, 0.3) is 11.5 Å². The van der Waals surface area contributed by atoms with Crippen LogP contribution in [-0.2, 0) is 11.8 Å². The fourth-order valence-corrected chi connectivity index (χ4v) is 4.54. The molecular weight excluding hydrogens is 541 g/mol. The van der Waals surface area contributed by atoms with Crippen LogP contribution in [0, 0.1) is 13.8 Å². The number of benzene rings is 3. The lowest BCUT2D eigenvalue weighted by Crippen LogP contribution is -2.26. The minimum absolute atomic E-state index is 0.112. The van der Waals surface area contributed by atoms with E-state index in [-0.39, 0.29) is 22.6 Å². The third-order valence-electron chi connectivity index (χ3n) is 6.40. The first kappa shape index (κ1) is 26.3. The molecule has 0 fully saturated rings. The Labute approximate surface area is 232 Å². The summed E-state index contributed by atoms with van der Waals surface area (Å²) in [4.78, 5) is 39.6. The minimum Gasteiger partial charge on any atom is -0.476 e. The average molecular weight is 564 g/mol. The maximum absolute atomic E-state index is 13.5. The molecule has 2 heterocycles. The third kappa shape index (κ3) is 4.96. The van der Waals surface area contributed by atoms with Crippen molar-refractivity contribution in [2.45, 2.75) is 13.8 Å². The number of nitrogens with zero attached hydrogens (tertiary/aromatic N) is 2. The average Bonchev–Trinajstić information content (AvgIpc) is 3.13. The molecule has 198 valence electrons. The Morgan fingerprint density at radius 3 is 2.38 bits per heavy atom. The predicted molar refractivity (Wildman–Crippen MR) is 153 cm³/mol. The number of carbonyl (C=O) groups is 1. The van der Waals surface area contributed by atoms with E-state index >= 15 is 0 Å². The normalized spacial score (nSPS) is 11.1. The molecule has 1 N–H and O–H groups in total. The second-order valence-corrected chi connectivity index (χ2v) is 9.81. The van der Waals surface area contributed by atoms with Crippen molar-refractivity contribution in [3.8, 4) is 22.8 Å². The zero-order valence-electron chi connectivity index (χ0n) is 21.2. The molecule has 0 aliphatic rings. The lowest BCUT2D eigenvalue weighted by molar-refractivity contribution is -0.118. The SMILES string of the molecule is Cc1cc2oc(-c3ccc(Cl)cc3)c(OCC(=O)Nc3c(C)n(C)n(-c4ccccc4)c3=O)c(=O)c2cc1Cl. The number of hydrogen-bond acceptors (Lipinski definition) is 5. The number of fused-ring (bicyclic) bond motifs is 1. The predicted octanol–water partition coefficient (Wildman–Crippen LogP) is 5.89. The quantitative estimate of drug-likeness (QED) is 0.278. The molecule has 0 unspecified atom stereocenters. The summed E-state index contributed by atoms with van der Waals surface area (Å²) in [5.74, 6) is -0.642. The van der Waals surface area contributed by atoms with Gasteiger partial charge in [-0.1, -0.05) is 41.4 Å². The molecule has 1 amide bonds. The van der Waals surface area contributed by atoms with Crippen LogP contribution in [0.1, 0.15) is 11.3 Å². The van der Waals surface area contributed by atoms with Gasteiger partial charge in [-0.05, 0) is 67.9 Å². The maximum Gasteiger partial charge on any atom is 0.295 e. The molecule has 0 aliphatic heterocycles. The fourth-order valence-electron chi connectivity index (χ4n) is 4.25. The van der Waals surface area contributed by atoms with Gasteiger partial charge in [0.2, 0.25) is 11.2 Å². The Morgan fingerprint density at radius 1 is 1.00 bits per heavy atom. The zero-order chi connectivity index (χ0) is 27.8. The first-order valence-electron chi connectivity index (χ1n) is 11.9. The van der Waals surface area contributed by atoms with Gasteiger partial charge in [-0.2, -0.15) is 0 Å². The number of halogens is 2. The van der Waals surface area contributed by atoms with Crippen LogP contribution in [0.15, 0.2) is 80.7 Å². The Morgan fingerprint density at radius 2 is 1.69 bits per heavy atom. The van der Waals surface area contributed by atoms with Gasteiger partial charge >= 0.3 is 0 Å². The van der Waals surface area contributed by atoms with Crippen LogP contribution in [-0.4, -0.2) is 21.9 Å². The summed E-state index contributed by atoms with van der Waals surface area (Å²) in [6.45, 7) is 2.98. The molecule has 8 nitrogen and oxygen atoms in total. The van der Waals surface area contributed by atoms with Gasteiger partial charge in [-0.15, -0.1) is 0 Å². The lowest BCUT2D eigenvalue weighted by atomic mass is 10.1. The van der Waals surface area contributed by atoms with Crippen LogP contribution in [0.5, 0.6) is 5.75 Å². The van der Waals surface area contributed by atoms with Crippen molar-refractivity contribution in [2.75, 3.05) is 11.9 Å². The highest BCUT2D eigenvalue weighted by molar-refractivity contribution is 6.32. The summed E-state index contributed by atoms with van der Waals surface area (Å²) in [5.41, 5.74) is 2.03. The summed E-state index contributed by atoms with van der Waals surface area (Å²) in [6, 6.07) is 18.9. The van der Waals surface area contributed by atoms with Gasteiger partial charge in [-0.3, -0.25) is 19.1 Å². The van der Waals surface area contributed by atoms with Crippen LogP contribution < -0.4 is 21.0 Å². The van der Waals surface area contributed by atoms with E-state index in [2.05, 4.69) is 5.32 Å². The second-order valence-electron chi connectivity index (χ2n) is 8.97. The van der Waals surface area contributed by atoms with Crippen molar-refractivity contribution in [2.24, 2.45) is 7.05 Å². The number of anilines is 1. The summed E-state index contributed by atoms with van der Waals surface area (Å²) in [7, 11) is 1.72. The van der Waals surface area contributed by atoms with Gasteiger partial charge in [-0.25, -0.2) is 4.68 Å². The van der Waals surface area contributed by atoms with E-state index in [4.69, 9.17) is 32.4 Å². The fraction of sp³-hybridized carbons (Fsp3) is 0.138. The number of carbonyl (C=O) groups excluding carboxylic acids is 1. The number of rotatable bonds is 6. The van der Waals surface area contributed by atoms with E-state index < -0.39 is 23.5 Å². The topological polar surface area (TPSA) is 95.5 Å². The van der Waals surface area contributed by atoms with Crippen molar-refractivity contribution in [1.82, 2.24) is 9.36 Å². The standard InChI is InChI=1S/C29H23Cl2N3O5/c1-16-13-23-21(14-22(16)31)26(36)28(27(39-23)18-9-11-19(30)12-10-18)38-15-24(35)32-25-17(2)33(3)34(29(25)37)20-7-5-4-6-8-20/h4-14H,15H2,1-3H3,(H,32,35). The highest BCUT2D eigenvalue weighted by Crippen LogP contribution is 2.33. The van der Waals surface area contributed by atoms with E-state index in [0.717, 1.165) is 5.56 Å². The molecule has 5 rings (SSSR count). The first-order chi connectivity index (χ1) is 18.7. The summed E-state index contributed by atoms with van der Waals surface area (Å²) in [6.07, 6.45) is 0. The molecule has 3 aromatic carbocycles. The Bertz CT molecular complexity index is 1840. The maximum atomic E-state index is 13.5. The highest BCUT2D eigenvalue weighted by atomic mass is 35.5. The molecule has 0 saturated heterocycles. The van der Waals surface area contributed by atoms with Gasteiger partial charge in [0.1, 0.15) is 11.3 Å². The molecular formula is C29H23Cl2N3O5. The number of para-hydroxylation sites is 1. The minimum atomic E-state index is -0.621. The molecule has 10 heteroatoms. The number of aryl methyl sites for hydroxylation is 1. The third-order valence-corrected chi connectivity index (χ3v) is 7.06. The van der Waals surface area contributed by atoms with Crippen LogP contribution in [0.3, 0.4) is 0 Å². The lowest BCUT2D eigenvalue weighted by Gasteiger charge is -2.12. The monoisotopic (exact) mass is 563 g/mol. The molecule has 5 aromatic rings. The molecule has 0 saturated carbocycles. The Balaban J connectivity index is 1.49. The molecule has 0 aliphatic carbocycles. The number of amides is 1. The summed E-state index contributed by atoms with van der Waals surface area (Å²) >= 11 is 12.3. The molecule has 39 heavy (non-hydrogen) atoms. The van der Waals surface area contributed by atoms with Gasteiger partial charge in [0, 0.05) is 22.7 Å². The van der Waals surface area contributed by atoms with Crippen molar-refractivity contribution in [1.29, 1.82) is 0 Å². The number of aromatic nitrogens is 2. The highest BCUT2D eigenvalue weighted by Gasteiger charge is 2.22. The summed E-state index contributed by atoms with van der Waals surface area (Å²) < 4.78 is 14.9. The van der Waals surface area contributed by atoms with Gasteiger partial charge < -0.3 is 14.5 Å². The molecule has 0 radical (unpaired) electrons. The van der Waals surface area contributed by atoms with Gasteiger partial charge in [0.15, 0.2) is 12.4 Å². The first-order valence-corrected chi connectivity index (χ1v) is 12.7. The molecule has 0 bridgehead atoms. The van der Waals surface area contributed by atoms with Crippen molar-refractivity contribution in [3.05, 3.63) is 109 Å². The van der Waals surface area contributed by atoms with Crippen LogP contribution in [0.4, 0.5) is 5.69 Å². The van der Waals surface area contributed by atoms with Crippen LogP contribution in [0.2, 0.25) is 10.0 Å². The van der Waals surface area contributed by atoms with Crippen LogP contribution in [0.25, 0.3) is 28.0 Å². The largest absolute Gasteiger partial charge is 0.476 e. The van der Waals surface area contributed by atoms with Crippen molar-refractivity contribution in [3.63, 3.8) is 0 Å². The second kappa shape index (κ2) is 10.5. The number of nitrogens with one attached hydrogen (secondary N) is 1.